The maximum Gasteiger partial charge on any atom is 0.270 e. The fraction of sp³-hybridized carbons (Fsp3) is 0.200. The Morgan fingerprint density at radius 2 is 2.31 bits per heavy atom. The van der Waals surface area contributed by atoms with E-state index in [1.807, 2.05) is 6.92 Å². The van der Waals surface area contributed by atoms with E-state index in [-0.39, 0.29) is 5.69 Å². The molecule has 16 heavy (non-hydrogen) atoms. The van der Waals surface area contributed by atoms with Crippen molar-refractivity contribution in [3.63, 3.8) is 0 Å². The van der Waals surface area contributed by atoms with E-state index in [0.717, 1.165) is 6.54 Å². The van der Waals surface area contributed by atoms with Gasteiger partial charge in [0.15, 0.2) is 0 Å². The molecule has 1 heterocycles. The van der Waals surface area contributed by atoms with E-state index < -0.39 is 4.92 Å². The molecule has 0 saturated carbocycles. The van der Waals surface area contributed by atoms with Crippen LogP contribution in [0.25, 0.3) is 11.3 Å². The van der Waals surface area contributed by atoms with Crippen LogP contribution < -0.4 is 0 Å². The summed E-state index contributed by atoms with van der Waals surface area (Å²) in [6.45, 7) is 2.67. The smallest absolute Gasteiger partial charge is 0.258 e. The molecule has 82 valence electrons. The Morgan fingerprint density at radius 1 is 1.50 bits per heavy atom. The Hall–Kier alpha value is -2.24. The molecule has 0 bridgehead atoms. The van der Waals surface area contributed by atoms with Crippen LogP contribution in [0.15, 0.2) is 30.5 Å². The van der Waals surface area contributed by atoms with Crippen LogP contribution >= 0.6 is 0 Å². The predicted octanol–water partition coefficient (Wildman–Crippen LogP) is 1.87. The lowest BCUT2D eigenvalue weighted by Gasteiger charge is -1.95. The molecule has 0 aliphatic heterocycles. The van der Waals surface area contributed by atoms with Crippen LogP contribution in [-0.2, 0) is 6.54 Å². The Kier molecular flexibility index (Phi) is 2.63. The van der Waals surface area contributed by atoms with Gasteiger partial charge in [-0.3, -0.25) is 14.8 Å². The molecule has 0 atom stereocenters. The van der Waals surface area contributed by atoms with E-state index >= 15 is 0 Å². The number of non-ortho nitro benzene ring substituents is 1. The normalized spacial score (nSPS) is 10.3. The first-order chi connectivity index (χ1) is 7.70. The van der Waals surface area contributed by atoms with Gasteiger partial charge in [0.2, 0.25) is 0 Å². The predicted molar refractivity (Wildman–Crippen MR) is 57.8 cm³/mol. The lowest BCUT2D eigenvalue weighted by molar-refractivity contribution is -0.384. The lowest BCUT2D eigenvalue weighted by atomic mass is 10.1. The summed E-state index contributed by atoms with van der Waals surface area (Å²) in [6.07, 6.45) is 1.76. The highest BCUT2D eigenvalue weighted by molar-refractivity contribution is 5.61. The summed E-state index contributed by atoms with van der Waals surface area (Å²) >= 11 is 0. The van der Waals surface area contributed by atoms with Gasteiger partial charge in [-0.05, 0) is 6.92 Å². The van der Waals surface area contributed by atoms with E-state index in [0.29, 0.717) is 11.3 Å². The van der Waals surface area contributed by atoms with Crippen molar-refractivity contribution in [2.24, 2.45) is 0 Å². The number of aryl methyl sites for hydroxylation is 1. The van der Waals surface area contributed by atoms with Crippen LogP contribution in [0.4, 0.5) is 5.69 Å². The molecule has 0 N–H and O–H groups in total. The quantitative estimate of drug-likeness (QED) is 0.582. The van der Waals surface area contributed by atoms with Gasteiger partial charge in [-0.1, -0.05) is 17.3 Å². The summed E-state index contributed by atoms with van der Waals surface area (Å²) in [5, 5.41) is 18.4. The molecule has 2 aromatic rings. The molecular weight excluding hydrogens is 208 g/mol. The van der Waals surface area contributed by atoms with Crippen molar-refractivity contribution in [3.8, 4) is 11.3 Å². The summed E-state index contributed by atoms with van der Waals surface area (Å²) in [7, 11) is 0. The number of nitro groups is 1. The fourth-order valence-electron chi connectivity index (χ4n) is 1.36. The van der Waals surface area contributed by atoms with Crippen LogP contribution in [0.2, 0.25) is 0 Å². The maximum atomic E-state index is 10.6. The molecule has 0 amide bonds. The van der Waals surface area contributed by atoms with Crippen molar-refractivity contribution in [1.82, 2.24) is 15.0 Å². The maximum absolute atomic E-state index is 10.6. The van der Waals surface area contributed by atoms with E-state index in [4.69, 9.17) is 0 Å². The minimum Gasteiger partial charge on any atom is -0.258 e. The van der Waals surface area contributed by atoms with Crippen LogP contribution in [0.5, 0.6) is 0 Å². The van der Waals surface area contributed by atoms with Gasteiger partial charge in [-0.25, -0.2) is 0 Å². The molecule has 0 fully saturated rings. The van der Waals surface area contributed by atoms with Gasteiger partial charge in [0.1, 0.15) is 5.69 Å². The number of aromatic nitrogens is 3. The first-order valence-corrected chi connectivity index (χ1v) is 4.85. The third-order valence-electron chi connectivity index (χ3n) is 2.22. The summed E-state index contributed by atoms with van der Waals surface area (Å²) in [4.78, 5) is 10.2. The molecule has 0 saturated heterocycles. The number of hydrogen-bond acceptors (Lipinski definition) is 4. The summed E-state index contributed by atoms with van der Waals surface area (Å²) < 4.78 is 1.67. The van der Waals surface area contributed by atoms with Crippen LogP contribution in [-0.4, -0.2) is 19.9 Å². The zero-order valence-corrected chi connectivity index (χ0v) is 8.70. The zero-order valence-electron chi connectivity index (χ0n) is 8.70. The number of hydrogen-bond donors (Lipinski definition) is 0. The summed E-state index contributed by atoms with van der Waals surface area (Å²) in [6, 6.07) is 6.35. The lowest BCUT2D eigenvalue weighted by Crippen LogP contribution is -1.93. The molecule has 6 nitrogen and oxygen atoms in total. The van der Waals surface area contributed by atoms with Crippen molar-refractivity contribution in [2.75, 3.05) is 0 Å². The van der Waals surface area contributed by atoms with Crippen LogP contribution in [0.3, 0.4) is 0 Å². The van der Waals surface area contributed by atoms with Crippen LogP contribution in [0.1, 0.15) is 6.92 Å². The topological polar surface area (TPSA) is 73.8 Å². The largest absolute Gasteiger partial charge is 0.270 e. The van der Waals surface area contributed by atoms with Gasteiger partial charge < -0.3 is 0 Å². The van der Waals surface area contributed by atoms with Gasteiger partial charge in [0.25, 0.3) is 5.69 Å². The third-order valence-corrected chi connectivity index (χ3v) is 2.22. The van der Waals surface area contributed by atoms with Crippen LogP contribution in [0, 0.1) is 10.1 Å². The zero-order chi connectivity index (χ0) is 11.5. The van der Waals surface area contributed by atoms with Crippen molar-refractivity contribution in [2.45, 2.75) is 13.5 Å². The second-order valence-corrected chi connectivity index (χ2v) is 3.27. The molecule has 1 aromatic heterocycles. The van der Waals surface area contributed by atoms with E-state index in [1.165, 1.54) is 12.1 Å². The Labute approximate surface area is 91.7 Å². The average molecular weight is 218 g/mol. The van der Waals surface area contributed by atoms with Crippen molar-refractivity contribution in [3.05, 3.63) is 40.6 Å². The second kappa shape index (κ2) is 4.09. The number of rotatable bonds is 3. The minimum atomic E-state index is -0.423. The second-order valence-electron chi connectivity index (χ2n) is 3.27. The van der Waals surface area contributed by atoms with E-state index in [2.05, 4.69) is 10.3 Å². The third kappa shape index (κ3) is 1.90. The molecular formula is C10H10N4O2. The van der Waals surface area contributed by atoms with Gasteiger partial charge in [-0.15, -0.1) is 5.10 Å². The highest BCUT2D eigenvalue weighted by Crippen LogP contribution is 2.21. The highest BCUT2D eigenvalue weighted by Gasteiger charge is 2.09. The highest BCUT2D eigenvalue weighted by atomic mass is 16.6. The Morgan fingerprint density at radius 3 is 2.94 bits per heavy atom. The van der Waals surface area contributed by atoms with E-state index in [9.17, 15) is 10.1 Å². The van der Waals surface area contributed by atoms with Gasteiger partial charge in [0.05, 0.1) is 11.1 Å². The number of nitrogens with zero attached hydrogens (tertiary/aromatic N) is 4. The first-order valence-electron chi connectivity index (χ1n) is 4.85. The monoisotopic (exact) mass is 218 g/mol. The van der Waals surface area contributed by atoms with E-state index in [1.54, 1.807) is 23.0 Å². The van der Waals surface area contributed by atoms with Gasteiger partial charge in [0, 0.05) is 24.2 Å². The molecule has 1 aromatic carbocycles. The molecule has 0 aliphatic carbocycles. The van der Waals surface area contributed by atoms with Crippen molar-refractivity contribution >= 4 is 5.69 Å². The number of nitro benzene ring substituents is 1. The van der Waals surface area contributed by atoms with Gasteiger partial charge >= 0.3 is 0 Å². The molecule has 0 unspecified atom stereocenters. The average Bonchev–Trinajstić information content (AvgIpc) is 2.77. The first kappa shape index (κ1) is 10.3. The Balaban J connectivity index is 2.40. The Bertz CT molecular complexity index is 521. The van der Waals surface area contributed by atoms with Gasteiger partial charge in [-0.2, -0.15) is 0 Å². The molecule has 2 rings (SSSR count). The summed E-state index contributed by atoms with van der Waals surface area (Å²) in [5.74, 6) is 0. The molecule has 0 aliphatic rings. The summed E-state index contributed by atoms with van der Waals surface area (Å²) in [5.41, 5.74) is 1.41. The molecule has 0 radical (unpaired) electrons. The number of benzene rings is 1. The molecule has 6 heteroatoms. The standard InChI is InChI=1S/C10H10N4O2/c1-2-13-7-10(11-12-13)8-4-3-5-9(6-8)14(15)16/h3-7H,2H2,1H3. The van der Waals surface area contributed by atoms with Crippen molar-refractivity contribution in [1.29, 1.82) is 0 Å². The molecule has 0 spiro atoms. The minimum absolute atomic E-state index is 0.0588. The van der Waals surface area contributed by atoms with Crippen molar-refractivity contribution < 1.29 is 4.92 Å². The SMILES string of the molecule is CCn1cc(-c2cccc([N+](=O)[O-])c2)nn1. The fourth-order valence-corrected chi connectivity index (χ4v) is 1.36.